The van der Waals surface area contributed by atoms with Gasteiger partial charge in [-0.25, -0.2) is 0 Å². The second-order valence-corrected chi connectivity index (χ2v) is 6.25. The fraction of sp³-hybridized carbons (Fsp3) is 0.174. The lowest BCUT2D eigenvalue weighted by atomic mass is 10.0. The maximum Gasteiger partial charge on any atom is 0.251 e. The van der Waals surface area contributed by atoms with Gasteiger partial charge in [0.05, 0.1) is 13.2 Å². The monoisotopic (exact) mass is 360 g/mol. The molecule has 0 aliphatic carbocycles. The smallest absolute Gasteiger partial charge is 0.251 e. The molecule has 3 aromatic carbocycles. The van der Waals surface area contributed by atoms with Crippen LogP contribution < -0.4 is 15.4 Å². The van der Waals surface area contributed by atoms with E-state index in [0.29, 0.717) is 5.56 Å². The van der Waals surface area contributed by atoms with Gasteiger partial charge in [-0.1, -0.05) is 48.5 Å². The minimum absolute atomic E-state index is 0.0612. The third-order valence-corrected chi connectivity index (χ3v) is 4.40. The Balaban J connectivity index is 1.64. The van der Waals surface area contributed by atoms with E-state index in [-0.39, 0.29) is 11.9 Å². The molecule has 0 saturated heterocycles. The molecular formula is C23H24N2O2. The number of benzene rings is 3. The number of carbonyl (C=O) groups is 1. The number of hydrogen-bond donors (Lipinski definition) is 2. The van der Waals surface area contributed by atoms with Gasteiger partial charge < -0.3 is 15.4 Å². The molecule has 1 atom stereocenters. The lowest BCUT2D eigenvalue weighted by molar-refractivity contribution is 0.0935. The van der Waals surface area contributed by atoms with Crippen molar-refractivity contribution in [3.05, 3.63) is 96.1 Å². The highest BCUT2D eigenvalue weighted by atomic mass is 16.5. The molecule has 0 aliphatic heterocycles. The van der Waals surface area contributed by atoms with Crippen LogP contribution in [0.4, 0.5) is 5.69 Å². The number of rotatable bonds is 8. The molecule has 0 aliphatic rings. The van der Waals surface area contributed by atoms with Crippen LogP contribution in [0.2, 0.25) is 0 Å². The summed E-state index contributed by atoms with van der Waals surface area (Å²) in [6.07, 6.45) is 0.772. The molecule has 0 fully saturated rings. The van der Waals surface area contributed by atoms with E-state index >= 15 is 0 Å². The van der Waals surface area contributed by atoms with Gasteiger partial charge in [0.2, 0.25) is 0 Å². The summed E-state index contributed by atoms with van der Waals surface area (Å²) in [6, 6.07) is 27.1. The van der Waals surface area contributed by atoms with E-state index in [0.717, 1.165) is 30.0 Å². The Labute approximate surface area is 160 Å². The van der Waals surface area contributed by atoms with Crippen molar-refractivity contribution in [1.29, 1.82) is 0 Å². The van der Waals surface area contributed by atoms with Crippen LogP contribution in [0.25, 0.3) is 0 Å². The summed E-state index contributed by atoms with van der Waals surface area (Å²) in [4.78, 5) is 12.6. The highest BCUT2D eigenvalue weighted by molar-refractivity contribution is 5.94. The van der Waals surface area contributed by atoms with E-state index in [1.807, 2.05) is 84.9 Å². The predicted octanol–water partition coefficient (Wildman–Crippen LogP) is 4.67. The first kappa shape index (κ1) is 18.5. The Morgan fingerprint density at radius 3 is 2.15 bits per heavy atom. The van der Waals surface area contributed by atoms with Crippen LogP contribution in [0.5, 0.6) is 5.75 Å². The van der Waals surface area contributed by atoms with Crippen LogP contribution in [0.3, 0.4) is 0 Å². The topological polar surface area (TPSA) is 50.4 Å². The molecule has 4 nitrogen and oxygen atoms in total. The molecule has 3 aromatic rings. The second-order valence-electron chi connectivity index (χ2n) is 6.25. The van der Waals surface area contributed by atoms with E-state index in [9.17, 15) is 4.79 Å². The molecule has 4 heteroatoms. The fourth-order valence-corrected chi connectivity index (χ4v) is 2.91. The van der Waals surface area contributed by atoms with Crippen LogP contribution in [0, 0.1) is 0 Å². The summed E-state index contributed by atoms with van der Waals surface area (Å²) < 4.78 is 5.18. The quantitative estimate of drug-likeness (QED) is 0.614. The molecule has 1 unspecified atom stereocenters. The fourth-order valence-electron chi connectivity index (χ4n) is 2.91. The minimum Gasteiger partial charge on any atom is -0.497 e. The lowest BCUT2D eigenvalue weighted by Gasteiger charge is -2.20. The van der Waals surface area contributed by atoms with E-state index < -0.39 is 0 Å². The Bertz CT molecular complexity index is 833. The summed E-state index contributed by atoms with van der Waals surface area (Å²) >= 11 is 0. The van der Waals surface area contributed by atoms with E-state index in [4.69, 9.17) is 4.74 Å². The van der Waals surface area contributed by atoms with Crippen LogP contribution in [0.1, 0.15) is 28.4 Å². The Morgan fingerprint density at radius 1 is 0.889 bits per heavy atom. The summed E-state index contributed by atoms with van der Waals surface area (Å²) in [6.45, 7) is 0.737. The van der Waals surface area contributed by atoms with E-state index in [1.54, 1.807) is 7.11 Å². The largest absolute Gasteiger partial charge is 0.497 e. The van der Waals surface area contributed by atoms with Gasteiger partial charge in [0.1, 0.15) is 5.75 Å². The van der Waals surface area contributed by atoms with Gasteiger partial charge >= 0.3 is 0 Å². The standard InChI is InChI=1S/C23H24N2O2/c1-27-21-14-12-20(13-15-21)24-17-16-22(18-8-4-2-5-9-18)25-23(26)19-10-6-3-7-11-19/h2-15,22,24H,16-17H2,1H3,(H,25,26). The number of methoxy groups -OCH3 is 1. The summed E-state index contributed by atoms with van der Waals surface area (Å²) in [5.74, 6) is 0.770. The molecular weight excluding hydrogens is 336 g/mol. The zero-order chi connectivity index (χ0) is 18.9. The molecule has 0 spiro atoms. The zero-order valence-electron chi connectivity index (χ0n) is 15.4. The Hall–Kier alpha value is -3.27. The van der Waals surface area contributed by atoms with Crippen molar-refractivity contribution in [2.24, 2.45) is 0 Å². The average Bonchev–Trinajstić information content (AvgIpc) is 2.74. The molecule has 0 heterocycles. The Morgan fingerprint density at radius 2 is 1.52 bits per heavy atom. The van der Waals surface area contributed by atoms with Crippen molar-refractivity contribution in [3.63, 3.8) is 0 Å². The predicted molar refractivity (Wildman–Crippen MR) is 109 cm³/mol. The summed E-state index contributed by atoms with van der Waals surface area (Å²) in [5.41, 5.74) is 2.79. The summed E-state index contributed by atoms with van der Waals surface area (Å²) in [7, 11) is 1.66. The van der Waals surface area contributed by atoms with Crippen molar-refractivity contribution >= 4 is 11.6 Å². The number of ether oxygens (including phenoxy) is 1. The molecule has 0 aromatic heterocycles. The number of hydrogen-bond acceptors (Lipinski definition) is 3. The van der Waals surface area contributed by atoms with Crippen molar-refractivity contribution < 1.29 is 9.53 Å². The van der Waals surface area contributed by atoms with Crippen molar-refractivity contribution in [2.75, 3.05) is 19.0 Å². The number of anilines is 1. The number of amides is 1. The maximum absolute atomic E-state index is 12.6. The third-order valence-electron chi connectivity index (χ3n) is 4.40. The molecule has 2 N–H and O–H groups in total. The van der Waals surface area contributed by atoms with Crippen molar-refractivity contribution in [2.45, 2.75) is 12.5 Å². The van der Waals surface area contributed by atoms with Gasteiger partial charge in [0, 0.05) is 17.8 Å². The van der Waals surface area contributed by atoms with Gasteiger partial charge in [-0.3, -0.25) is 4.79 Å². The van der Waals surface area contributed by atoms with Crippen molar-refractivity contribution in [3.8, 4) is 5.75 Å². The third kappa shape index (κ3) is 5.35. The molecule has 138 valence electrons. The minimum atomic E-state index is -0.0651. The highest BCUT2D eigenvalue weighted by Gasteiger charge is 2.15. The first-order valence-electron chi connectivity index (χ1n) is 9.05. The van der Waals surface area contributed by atoms with Crippen LogP contribution in [-0.4, -0.2) is 19.6 Å². The first-order valence-corrected chi connectivity index (χ1v) is 9.05. The maximum atomic E-state index is 12.6. The zero-order valence-corrected chi connectivity index (χ0v) is 15.4. The molecule has 0 radical (unpaired) electrons. The Kier molecular flexibility index (Phi) is 6.47. The van der Waals surface area contributed by atoms with Crippen LogP contribution >= 0.6 is 0 Å². The lowest BCUT2D eigenvalue weighted by Crippen LogP contribution is -2.30. The van der Waals surface area contributed by atoms with Gasteiger partial charge in [0.25, 0.3) is 5.91 Å². The second kappa shape index (κ2) is 9.43. The summed E-state index contributed by atoms with van der Waals surface area (Å²) in [5, 5.41) is 6.56. The molecule has 0 bridgehead atoms. The van der Waals surface area contributed by atoms with Crippen LogP contribution in [0.15, 0.2) is 84.9 Å². The van der Waals surface area contributed by atoms with Crippen LogP contribution in [-0.2, 0) is 0 Å². The van der Waals surface area contributed by atoms with Gasteiger partial charge in [-0.15, -0.1) is 0 Å². The first-order chi connectivity index (χ1) is 13.3. The van der Waals surface area contributed by atoms with Gasteiger partial charge in [-0.05, 0) is 48.4 Å². The molecule has 0 saturated carbocycles. The number of carbonyl (C=O) groups excluding carboxylic acids is 1. The normalized spacial score (nSPS) is 11.4. The van der Waals surface area contributed by atoms with Gasteiger partial charge in [-0.2, -0.15) is 0 Å². The molecule has 1 amide bonds. The molecule has 3 rings (SSSR count). The SMILES string of the molecule is COc1ccc(NCCC(NC(=O)c2ccccc2)c2ccccc2)cc1. The van der Waals surface area contributed by atoms with E-state index in [1.165, 1.54) is 0 Å². The molecule has 27 heavy (non-hydrogen) atoms. The number of nitrogens with one attached hydrogen (secondary N) is 2. The average molecular weight is 360 g/mol. The van der Waals surface area contributed by atoms with Gasteiger partial charge in [0.15, 0.2) is 0 Å². The van der Waals surface area contributed by atoms with Crippen molar-refractivity contribution in [1.82, 2.24) is 5.32 Å². The highest BCUT2D eigenvalue weighted by Crippen LogP contribution is 2.19. The van der Waals surface area contributed by atoms with E-state index in [2.05, 4.69) is 10.6 Å².